The zero-order valence-corrected chi connectivity index (χ0v) is 11.2. The molecular weight excluding hydrogens is 264 g/mol. The van der Waals surface area contributed by atoms with Gasteiger partial charge in [0.1, 0.15) is 16.7 Å². The van der Waals surface area contributed by atoms with E-state index < -0.39 is 10.0 Å². The number of rotatable bonds is 3. The Hall–Kier alpha value is -1.49. The fourth-order valence-electron chi connectivity index (χ4n) is 2.13. The molecule has 7 heteroatoms. The number of nitrogens with one attached hydrogen (secondary N) is 1. The van der Waals surface area contributed by atoms with Gasteiger partial charge in [-0.25, -0.2) is 18.1 Å². The quantitative estimate of drug-likeness (QED) is 0.838. The largest absolute Gasteiger partial charge is 0.328 e. The van der Waals surface area contributed by atoms with E-state index >= 15 is 0 Å². The predicted octanol–water partition coefficient (Wildman–Crippen LogP) is 0.501. The van der Waals surface area contributed by atoms with Gasteiger partial charge in [-0.2, -0.15) is 5.26 Å². The third-order valence-corrected chi connectivity index (χ3v) is 4.76. The summed E-state index contributed by atoms with van der Waals surface area (Å²) in [5.41, 5.74) is 5.98. The van der Waals surface area contributed by atoms with Crippen LogP contribution in [0.25, 0.3) is 0 Å². The van der Waals surface area contributed by atoms with E-state index in [0.717, 1.165) is 25.7 Å². The summed E-state index contributed by atoms with van der Waals surface area (Å²) in [6, 6.07) is 4.75. The summed E-state index contributed by atoms with van der Waals surface area (Å²) in [6.07, 6.45) is 4.38. The van der Waals surface area contributed by atoms with Crippen molar-refractivity contribution in [1.29, 1.82) is 5.26 Å². The van der Waals surface area contributed by atoms with Crippen molar-refractivity contribution in [3.63, 3.8) is 0 Å². The lowest BCUT2D eigenvalue weighted by Gasteiger charge is -2.26. The zero-order valence-electron chi connectivity index (χ0n) is 10.4. The smallest absolute Gasteiger partial charge is 0.242 e. The maximum Gasteiger partial charge on any atom is 0.242 e. The van der Waals surface area contributed by atoms with Gasteiger partial charge >= 0.3 is 0 Å². The van der Waals surface area contributed by atoms with Gasteiger partial charge in [0.05, 0.1) is 0 Å². The second-order valence-corrected chi connectivity index (χ2v) is 6.44. The highest BCUT2D eigenvalue weighted by Gasteiger charge is 2.24. The second kappa shape index (κ2) is 5.65. The average molecular weight is 280 g/mol. The summed E-state index contributed by atoms with van der Waals surface area (Å²) in [7, 11) is -3.57. The molecule has 1 heterocycles. The number of aromatic nitrogens is 1. The highest BCUT2D eigenvalue weighted by Crippen LogP contribution is 2.19. The van der Waals surface area contributed by atoms with Crippen molar-refractivity contribution >= 4 is 10.0 Å². The average Bonchev–Trinajstić information content (AvgIpc) is 2.41. The molecule has 2 rings (SSSR count). The first-order chi connectivity index (χ1) is 9.01. The summed E-state index contributed by atoms with van der Waals surface area (Å²) in [6.45, 7) is 0. The predicted molar refractivity (Wildman–Crippen MR) is 69.5 cm³/mol. The van der Waals surface area contributed by atoms with Crippen molar-refractivity contribution in [1.82, 2.24) is 9.71 Å². The van der Waals surface area contributed by atoms with Gasteiger partial charge in [0.2, 0.25) is 10.0 Å². The van der Waals surface area contributed by atoms with Crippen LogP contribution in [-0.4, -0.2) is 25.5 Å². The first-order valence-corrected chi connectivity index (χ1v) is 7.63. The van der Waals surface area contributed by atoms with Crippen LogP contribution >= 0.6 is 0 Å². The van der Waals surface area contributed by atoms with Crippen molar-refractivity contribution in [2.24, 2.45) is 5.73 Å². The van der Waals surface area contributed by atoms with Crippen LogP contribution in [0.15, 0.2) is 23.2 Å². The Morgan fingerprint density at radius 2 is 2.00 bits per heavy atom. The van der Waals surface area contributed by atoms with Crippen LogP contribution in [-0.2, 0) is 10.0 Å². The van der Waals surface area contributed by atoms with Crippen molar-refractivity contribution in [2.45, 2.75) is 42.7 Å². The minimum atomic E-state index is -3.57. The lowest BCUT2D eigenvalue weighted by Crippen LogP contribution is -2.40. The van der Waals surface area contributed by atoms with Gasteiger partial charge < -0.3 is 5.73 Å². The number of hydrogen-bond donors (Lipinski definition) is 2. The number of nitrogens with two attached hydrogens (primary N) is 1. The molecule has 1 aromatic heterocycles. The van der Waals surface area contributed by atoms with Gasteiger partial charge in [0, 0.05) is 18.3 Å². The minimum absolute atomic E-state index is 0.0690. The second-order valence-electron chi connectivity index (χ2n) is 4.72. The maximum absolute atomic E-state index is 12.1. The minimum Gasteiger partial charge on any atom is -0.328 e. The van der Waals surface area contributed by atoms with Gasteiger partial charge in [-0.1, -0.05) is 0 Å². The van der Waals surface area contributed by atoms with E-state index in [1.165, 1.54) is 18.3 Å². The molecule has 6 nitrogen and oxygen atoms in total. The normalized spacial score (nSPS) is 23.8. The molecule has 0 spiro atoms. The van der Waals surface area contributed by atoms with E-state index in [1.807, 2.05) is 6.07 Å². The molecule has 1 saturated carbocycles. The SMILES string of the molecule is N#Cc1ccc(S(=O)(=O)NC2CCC(N)CC2)cn1. The fraction of sp³-hybridized carbons (Fsp3) is 0.500. The first-order valence-electron chi connectivity index (χ1n) is 6.15. The van der Waals surface area contributed by atoms with Crippen LogP contribution in [0.2, 0.25) is 0 Å². The Bertz CT molecular complexity index is 569. The van der Waals surface area contributed by atoms with Crippen LogP contribution < -0.4 is 10.5 Å². The monoisotopic (exact) mass is 280 g/mol. The molecule has 0 radical (unpaired) electrons. The Labute approximate surface area is 112 Å². The van der Waals surface area contributed by atoms with Crippen LogP contribution in [0.5, 0.6) is 0 Å². The lowest BCUT2D eigenvalue weighted by atomic mass is 9.93. The molecule has 0 amide bonds. The van der Waals surface area contributed by atoms with E-state index in [4.69, 9.17) is 11.0 Å². The molecular formula is C12H16N4O2S. The van der Waals surface area contributed by atoms with E-state index in [1.54, 1.807) is 0 Å². The molecule has 0 bridgehead atoms. The summed E-state index contributed by atoms with van der Waals surface area (Å²) in [5, 5.41) is 8.63. The van der Waals surface area contributed by atoms with E-state index in [-0.39, 0.29) is 22.7 Å². The Morgan fingerprint density at radius 1 is 1.32 bits per heavy atom. The van der Waals surface area contributed by atoms with E-state index in [2.05, 4.69) is 9.71 Å². The lowest BCUT2D eigenvalue weighted by molar-refractivity contribution is 0.373. The number of hydrogen-bond acceptors (Lipinski definition) is 5. The number of nitriles is 1. The molecule has 0 unspecified atom stereocenters. The van der Waals surface area contributed by atoms with Gasteiger partial charge in [0.25, 0.3) is 0 Å². The van der Waals surface area contributed by atoms with Gasteiger partial charge in [-0.3, -0.25) is 0 Å². The van der Waals surface area contributed by atoms with E-state index in [0.29, 0.717) is 0 Å². The maximum atomic E-state index is 12.1. The third-order valence-electron chi connectivity index (χ3n) is 3.25. The van der Waals surface area contributed by atoms with Crippen LogP contribution in [0.1, 0.15) is 31.4 Å². The molecule has 1 fully saturated rings. The molecule has 3 N–H and O–H groups in total. The third kappa shape index (κ3) is 3.50. The van der Waals surface area contributed by atoms with Gasteiger partial charge in [-0.15, -0.1) is 0 Å². The Morgan fingerprint density at radius 3 is 2.53 bits per heavy atom. The first kappa shape index (κ1) is 13.9. The molecule has 1 aliphatic rings. The van der Waals surface area contributed by atoms with E-state index in [9.17, 15) is 8.42 Å². The van der Waals surface area contributed by atoms with Gasteiger partial charge in [-0.05, 0) is 37.8 Å². The molecule has 0 aromatic carbocycles. The van der Waals surface area contributed by atoms with Crippen LogP contribution in [0, 0.1) is 11.3 Å². The van der Waals surface area contributed by atoms with Crippen molar-refractivity contribution in [2.75, 3.05) is 0 Å². The zero-order chi connectivity index (χ0) is 13.9. The highest BCUT2D eigenvalue weighted by molar-refractivity contribution is 7.89. The number of nitrogens with zero attached hydrogens (tertiary/aromatic N) is 2. The topological polar surface area (TPSA) is 109 Å². The Balaban J connectivity index is 2.07. The summed E-state index contributed by atoms with van der Waals surface area (Å²) in [5.74, 6) is 0. The molecule has 19 heavy (non-hydrogen) atoms. The molecule has 0 saturated heterocycles. The molecule has 1 aromatic rings. The highest BCUT2D eigenvalue weighted by atomic mass is 32.2. The fourth-order valence-corrected chi connectivity index (χ4v) is 3.38. The summed E-state index contributed by atoms with van der Waals surface area (Å²) >= 11 is 0. The van der Waals surface area contributed by atoms with Crippen molar-refractivity contribution in [3.05, 3.63) is 24.0 Å². The Kier molecular flexibility index (Phi) is 4.14. The molecule has 1 aliphatic carbocycles. The summed E-state index contributed by atoms with van der Waals surface area (Å²) < 4.78 is 26.9. The summed E-state index contributed by atoms with van der Waals surface area (Å²) in [4.78, 5) is 3.85. The van der Waals surface area contributed by atoms with Crippen molar-refractivity contribution < 1.29 is 8.42 Å². The van der Waals surface area contributed by atoms with Crippen LogP contribution in [0.4, 0.5) is 0 Å². The molecule has 0 aliphatic heterocycles. The standard InChI is InChI=1S/C12H16N4O2S/c13-7-11-5-6-12(8-15-11)19(17,18)16-10-3-1-9(14)2-4-10/h5-6,8-10,16H,1-4,14H2. The number of pyridine rings is 1. The van der Waals surface area contributed by atoms with Gasteiger partial charge in [0.15, 0.2) is 0 Å². The molecule has 102 valence electrons. The molecule has 0 atom stereocenters. The van der Waals surface area contributed by atoms with Crippen molar-refractivity contribution in [3.8, 4) is 6.07 Å². The van der Waals surface area contributed by atoms with Crippen LogP contribution in [0.3, 0.4) is 0 Å². The number of sulfonamides is 1.